The highest BCUT2D eigenvalue weighted by molar-refractivity contribution is 6.30. The minimum absolute atomic E-state index is 0.310. The summed E-state index contributed by atoms with van der Waals surface area (Å²) < 4.78 is 0. The Morgan fingerprint density at radius 1 is 1.06 bits per heavy atom. The molecule has 2 aromatic carbocycles. The van der Waals surface area contributed by atoms with Crippen LogP contribution in [0.4, 0.5) is 16.2 Å². The predicted octanol–water partition coefficient (Wildman–Crippen LogP) is 3.78. The van der Waals surface area contributed by atoms with Crippen LogP contribution >= 0.6 is 11.6 Å². The van der Waals surface area contributed by atoms with Crippen molar-refractivity contribution in [3.05, 3.63) is 59.6 Å². The molecule has 0 saturated carbocycles. The molecule has 0 aliphatic rings. The first-order valence-electron chi connectivity index (χ1n) is 5.04. The zero-order valence-electron chi connectivity index (χ0n) is 8.91. The van der Waals surface area contributed by atoms with Crippen LogP contribution in [0.2, 0.25) is 5.02 Å². The fourth-order valence-corrected chi connectivity index (χ4v) is 1.41. The van der Waals surface area contributed by atoms with Gasteiger partial charge in [0.25, 0.3) is 0 Å². The average molecular weight is 246 g/mol. The van der Waals surface area contributed by atoms with Crippen molar-refractivity contribution in [3.8, 4) is 0 Å². The largest absolute Gasteiger partial charge is 0.323 e. The van der Waals surface area contributed by atoms with E-state index in [-0.39, 0.29) is 6.03 Å². The summed E-state index contributed by atoms with van der Waals surface area (Å²) in [4.78, 5) is 11.6. The van der Waals surface area contributed by atoms with Gasteiger partial charge in [0.15, 0.2) is 0 Å². The standard InChI is InChI=1S/C13H10ClN2O/c14-10-6-8-12(9-7-10)16-13(17)15-11-4-2-1-3-5-11/h1-4,6-9H,(H2,15,16,17). The van der Waals surface area contributed by atoms with Crippen molar-refractivity contribution in [3.63, 3.8) is 0 Å². The molecule has 2 amide bonds. The zero-order chi connectivity index (χ0) is 12.1. The Labute approximate surface area is 104 Å². The molecule has 17 heavy (non-hydrogen) atoms. The molecule has 1 radical (unpaired) electrons. The molecule has 2 N–H and O–H groups in total. The van der Waals surface area contributed by atoms with Gasteiger partial charge in [-0.3, -0.25) is 0 Å². The van der Waals surface area contributed by atoms with Gasteiger partial charge in [-0.25, -0.2) is 4.79 Å². The van der Waals surface area contributed by atoms with Crippen molar-refractivity contribution < 1.29 is 4.79 Å². The molecule has 0 aliphatic heterocycles. The number of benzene rings is 2. The van der Waals surface area contributed by atoms with E-state index in [4.69, 9.17) is 11.6 Å². The Morgan fingerprint density at radius 2 is 1.82 bits per heavy atom. The van der Waals surface area contributed by atoms with Crippen molar-refractivity contribution in [2.75, 3.05) is 10.6 Å². The summed E-state index contributed by atoms with van der Waals surface area (Å²) in [7, 11) is 0. The second-order valence-corrected chi connectivity index (χ2v) is 3.80. The van der Waals surface area contributed by atoms with Crippen LogP contribution in [0.1, 0.15) is 0 Å². The van der Waals surface area contributed by atoms with Crippen LogP contribution < -0.4 is 10.6 Å². The minimum Gasteiger partial charge on any atom is -0.308 e. The summed E-state index contributed by atoms with van der Waals surface area (Å²) in [6.07, 6.45) is 0. The van der Waals surface area contributed by atoms with Gasteiger partial charge in [-0.05, 0) is 30.3 Å². The number of hydrogen-bond acceptors (Lipinski definition) is 1. The molecule has 85 valence electrons. The molecule has 0 aromatic heterocycles. The van der Waals surface area contributed by atoms with Crippen LogP contribution in [0.3, 0.4) is 0 Å². The fraction of sp³-hybridized carbons (Fsp3) is 0. The third-order valence-corrected chi connectivity index (χ3v) is 2.31. The van der Waals surface area contributed by atoms with Gasteiger partial charge in [-0.2, -0.15) is 0 Å². The molecule has 0 aliphatic carbocycles. The van der Waals surface area contributed by atoms with Gasteiger partial charge in [-0.15, -0.1) is 0 Å². The molecular formula is C13H10ClN2O. The van der Waals surface area contributed by atoms with E-state index in [0.29, 0.717) is 16.4 Å². The normalized spacial score (nSPS) is 9.71. The van der Waals surface area contributed by atoms with Gasteiger partial charge in [0.1, 0.15) is 0 Å². The van der Waals surface area contributed by atoms with Crippen LogP contribution in [0.25, 0.3) is 0 Å². The summed E-state index contributed by atoms with van der Waals surface area (Å²) in [6.45, 7) is 0. The van der Waals surface area contributed by atoms with E-state index in [1.165, 1.54) is 0 Å². The summed E-state index contributed by atoms with van der Waals surface area (Å²) in [5.41, 5.74) is 1.31. The molecule has 4 heteroatoms. The van der Waals surface area contributed by atoms with Crippen LogP contribution in [-0.4, -0.2) is 6.03 Å². The third-order valence-electron chi connectivity index (χ3n) is 2.06. The molecule has 2 rings (SSSR count). The fourth-order valence-electron chi connectivity index (χ4n) is 1.29. The van der Waals surface area contributed by atoms with E-state index in [1.807, 2.05) is 12.1 Å². The van der Waals surface area contributed by atoms with Crippen LogP contribution in [0, 0.1) is 6.07 Å². The molecule has 0 atom stereocenters. The predicted molar refractivity (Wildman–Crippen MR) is 69.4 cm³/mol. The minimum atomic E-state index is -0.310. The summed E-state index contributed by atoms with van der Waals surface area (Å²) in [6, 6.07) is 16.6. The van der Waals surface area contributed by atoms with E-state index < -0.39 is 0 Å². The number of rotatable bonds is 2. The lowest BCUT2D eigenvalue weighted by Gasteiger charge is -2.07. The molecular weight excluding hydrogens is 236 g/mol. The van der Waals surface area contributed by atoms with Crippen molar-refractivity contribution in [1.82, 2.24) is 0 Å². The highest BCUT2D eigenvalue weighted by Crippen LogP contribution is 2.13. The Hall–Kier alpha value is -2.00. The van der Waals surface area contributed by atoms with E-state index in [0.717, 1.165) is 0 Å². The first-order chi connectivity index (χ1) is 8.24. The highest BCUT2D eigenvalue weighted by Gasteiger charge is 2.01. The number of carbonyl (C=O) groups is 1. The van der Waals surface area contributed by atoms with Gasteiger partial charge >= 0.3 is 6.03 Å². The lowest BCUT2D eigenvalue weighted by atomic mass is 10.3. The first-order valence-corrected chi connectivity index (χ1v) is 5.42. The number of nitrogens with one attached hydrogen (secondary N) is 2. The summed E-state index contributed by atoms with van der Waals surface area (Å²) >= 11 is 5.74. The zero-order valence-corrected chi connectivity index (χ0v) is 9.66. The van der Waals surface area contributed by atoms with Crippen molar-refractivity contribution in [2.45, 2.75) is 0 Å². The smallest absolute Gasteiger partial charge is 0.308 e. The van der Waals surface area contributed by atoms with Crippen molar-refractivity contribution in [1.29, 1.82) is 0 Å². The lowest BCUT2D eigenvalue weighted by Crippen LogP contribution is -2.19. The lowest BCUT2D eigenvalue weighted by molar-refractivity contribution is 0.262. The molecule has 0 fully saturated rings. The summed E-state index contributed by atoms with van der Waals surface area (Å²) in [5, 5.41) is 5.99. The maximum atomic E-state index is 11.6. The van der Waals surface area contributed by atoms with Gasteiger partial charge < -0.3 is 10.6 Å². The Morgan fingerprint density at radius 3 is 2.47 bits per heavy atom. The average Bonchev–Trinajstić information content (AvgIpc) is 2.33. The Balaban J connectivity index is 1.96. The summed E-state index contributed by atoms with van der Waals surface area (Å²) in [5.74, 6) is 0. The topological polar surface area (TPSA) is 41.1 Å². The number of para-hydroxylation sites is 1. The monoisotopic (exact) mass is 245 g/mol. The van der Waals surface area contributed by atoms with E-state index in [2.05, 4.69) is 16.7 Å². The van der Waals surface area contributed by atoms with E-state index in [9.17, 15) is 4.79 Å². The van der Waals surface area contributed by atoms with E-state index in [1.54, 1.807) is 36.4 Å². The molecule has 0 spiro atoms. The highest BCUT2D eigenvalue weighted by atomic mass is 35.5. The molecule has 3 nitrogen and oxygen atoms in total. The van der Waals surface area contributed by atoms with Crippen LogP contribution in [-0.2, 0) is 0 Å². The molecule has 2 aromatic rings. The third kappa shape index (κ3) is 3.50. The number of urea groups is 1. The molecule has 0 heterocycles. The van der Waals surface area contributed by atoms with Crippen LogP contribution in [0.5, 0.6) is 0 Å². The second-order valence-electron chi connectivity index (χ2n) is 3.36. The molecule has 0 unspecified atom stereocenters. The Bertz CT molecular complexity index is 497. The van der Waals surface area contributed by atoms with E-state index >= 15 is 0 Å². The SMILES string of the molecule is O=C(Nc1[c]cccc1)Nc1ccc(Cl)cc1. The number of anilines is 2. The van der Waals surface area contributed by atoms with Gasteiger partial charge in [0.2, 0.25) is 0 Å². The van der Waals surface area contributed by atoms with Crippen molar-refractivity contribution >= 4 is 29.0 Å². The first kappa shape index (κ1) is 11.5. The second kappa shape index (κ2) is 5.37. The molecule has 0 bridgehead atoms. The quantitative estimate of drug-likeness (QED) is 0.831. The van der Waals surface area contributed by atoms with Gasteiger partial charge in [0.05, 0.1) is 5.69 Å². The van der Waals surface area contributed by atoms with Gasteiger partial charge in [0, 0.05) is 16.8 Å². The van der Waals surface area contributed by atoms with Crippen LogP contribution in [0.15, 0.2) is 48.5 Å². The maximum absolute atomic E-state index is 11.6. The number of carbonyl (C=O) groups excluding carboxylic acids is 1. The van der Waals surface area contributed by atoms with Gasteiger partial charge in [-0.1, -0.05) is 29.8 Å². The Kier molecular flexibility index (Phi) is 3.62. The van der Waals surface area contributed by atoms with Crippen molar-refractivity contribution in [2.24, 2.45) is 0 Å². The maximum Gasteiger partial charge on any atom is 0.323 e. The number of halogens is 1. The number of amides is 2. The molecule has 0 saturated heterocycles. The number of hydrogen-bond donors (Lipinski definition) is 2.